The molecule has 22 heavy (non-hydrogen) atoms. The molecule has 1 aliphatic rings. The van der Waals surface area contributed by atoms with Gasteiger partial charge in [-0.25, -0.2) is 8.42 Å². The average Bonchev–Trinajstić information content (AvgIpc) is 2.56. The number of carbonyl (C=O) groups excluding carboxylic acids is 1. The Kier molecular flexibility index (Phi) is 4.47. The van der Waals surface area contributed by atoms with Crippen LogP contribution in [0.1, 0.15) is 43.6 Å². The zero-order chi connectivity index (χ0) is 16.8. The van der Waals surface area contributed by atoms with E-state index in [0.717, 1.165) is 0 Å². The molecule has 0 spiro atoms. The van der Waals surface area contributed by atoms with Gasteiger partial charge in [0.15, 0.2) is 0 Å². The summed E-state index contributed by atoms with van der Waals surface area (Å²) in [6.45, 7) is 7.67. The van der Waals surface area contributed by atoms with Gasteiger partial charge in [0.25, 0.3) is 0 Å². The Morgan fingerprint density at radius 2 is 1.68 bits per heavy atom. The molecule has 0 saturated carbocycles. The molecule has 8 heteroatoms. The first-order chi connectivity index (χ1) is 9.93. The van der Waals surface area contributed by atoms with E-state index in [-0.39, 0.29) is 5.75 Å². The van der Waals surface area contributed by atoms with Crippen molar-refractivity contribution in [1.82, 2.24) is 0 Å². The van der Waals surface area contributed by atoms with Gasteiger partial charge >= 0.3 is 7.12 Å². The molecule has 1 aliphatic heterocycles. The summed E-state index contributed by atoms with van der Waals surface area (Å²) in [6, 6.07) is 4.75. The fourth-order valence-electron chi connectivity index (χ4n) is 2.21. The lowest BCUT2D eigenvalue weighted by atomic mass is 9.77. The fraction of sp³-hybridized carbons (Fsp3) is 0.500. The van der Waals surface area contributed by atoms with Crippen LogP contribution in [0.3, 0.4) is 0 Å². The van der Waals surface area contributed by atoms with Crippen molar-refractivity contribution >= 4 is 38.6 Å². The van der Waals surface area contributed by atoms with Crippen LogP contribution in [-0.2, 0) is 24.1 Å². The van der Waals surface area contributed by atoms with Gasteiger partial charge in [-0.05, 0) is 44.8 Å². The first kappa shape index (κ1) is 17.5. The van der Waals surface area contributed by atoms with Crippen molar-refractivity contribution in [3.8, 4) is 0 Å². The van der Waals surface area contributed by atoms with E-state index in [2.05, 4.69) is 0 Å². The third-order valence-electron chi connectivity index (χ3n) is 4.04. The Balaban J connectivity index is 2.40. The van der Waals surface area contributed by atoms with E-state index < -0.39 is 27.4 Å². The second kappa shape index (κ2) is 5.63. The van der Waals surface area contributed by atoms with Gasteiger partial charge in [-0.15, -0.1) is 0 Å². The van der Waals surface area contributed by atoms with Gasteiger partial charge in [0.1, 0.15) is 6.29 Å². The van der Waals surface area contributed by atoms with Crippen molar-refractivity contribution in [2.75, 3.05) is 0 Å². The first-order valence-corrected chi connectivity index (χ1v) is 9.28. The lowest BCUT2D eigenvalue weighted by molar-refractivity contribution is 0.00578. The van der Waals surface area contributed by atoms with Gasteiger partial charge in [-0.1, -0.05) is 12.1 Å². The number of aldehydes is 1. The van der Waals surface area contributed by atoms with E-state index in [1.54, 1.807) is 12.1 Å². The monoisotopic (exact) mass is 344 g/mol. The zero-order valence-corrected chi connectivity index (χ0v) is 14.5. The van der Waals surface area contributed by atoms with E-state index in [1.165, 1.54) is 6.07 Å². The van der Waals surface area contributed by atoms with Gasteiger partial charge in [-0.3, -0.25) is 4.79 Å². The molecule has 0 N–H and O–H groups in total. The molecular weight excluding hydrogens is 326 g/mol. The smallest absolute Gasteiger partial charge is 0.399 e. The van der Waals surface area contributed by atoms with Crippen LogP contribution >= 0.6 is 10.7 Å². The molecule has 2 rings (SSSR count). The Bertz CT molecular complexity index is 683. The van der Waals surface area contributed by atoms with Crippen LogP contribution < -0.4 is 5.46 Å². The average molecular weight is 345 g/mol. The highest BCUT2D eigenvalue weighted by Crippen LogP contribution is 2.36. The highest BCUT2D eigenvalue weighted by Gasteiger charge is 2.51. The molecule has 0 unspecified atom stereocenters. The van der Waals surface area contributed by atoms with Crippen molar-refractivity contribution in [2.45, 2.75) is 44.6 Å². The number of benzene rings is 1. The highest BCUT2D eigenvalue weighted by molar-refractivity contribution is 8.13. The molecule has 1 aromatic carbocycles. The van der Waals surface area contributed by atoms with Gasteiger partial charge in [0, 0.05) is 16.2 Å². The molecule has 0 radical (unpaired) electrons. The van der Waals surface area contributed by atoms with E-state index >= 15 is 0 Å². The quantitative estimate of drug-likeness (QED) is 0.474. The van der Waals surface area contributed by atoms with Crippen LogP contribution in [0.5, 0.6) is 0 Å². The van der Waals surface area contributed by atoms with Gasteiger partial charge in [0.05, 0.1) is 17.0 Å². The van der Waals surface area contributed by atoms with Gasteiger partial charge in [-0.2, -0.15) is 0 Å². The molecule has 0 amide bonds. The number of halogens is 1. The summed E-state index contributed by atoms with van der Waals surface area (Å²) >= 11 is 0. The van der Waals surface area contributed by atoms with Crippen molar-refractivity contribution in [1.29, 1.82) is 0 Å². The van der Waals surface area contributed by atoms with Crippen molar-refractivity contribution in [3.05, 3.63) is 29.3 Å². The summed E-state index contributed by atoms with van der Waals surface area (Å²) in [5.74, 6) is -0.358. The maximum Gasteiger partial charge on any atom is 0.494 e. The third kappa shape index (κ3) is 3.71. The van der Waals surface area contributed by atoms with E-state index in [4.69, 9.17) is 20.0 Å². The molecule has 5 nitrogen and oxygen atoms in total. The summed E-state index contributed by atoms with van der Waals surface area (Å²) < 4.78 is 34.3. The van der Waals surface area contributed by atoms with E-state index in [0.29, 0.717) is 22.9 Å². The van der Waals surface area contributed by atoms with Crippen molar-refractivity contribution in [3.63, 3.8) is 0 Å². The van der Waals surface area contributed by atoms with E-state index in [1.807, 2.05) is 27.7 Å². The topological polar surface area (TPSA) is 69.7 Å². The minimum Gasteiger partial charge on any atom is -0.399 e. The van der Waals surface area contributed by atoms with Crippen LogP contribution in [-0.4, -0.2) is 33.0 Å². The van der Waals surface area contributed by atoms with Crippen LogP contribution in [0.2, 0.25) is 0 Å². The van der Waals surface area contributed by atoms with Crippen LogP contribution in [0, 0.1) is 0 Å². The van der Waals surface area contributed by atoms with Crippen LogP contribution in [0.4, 0.5) is 0 Å². The van der Waals surface area contributed by atoms with Crippen LogP contribution in [0.25, 0.3) is 0 Å². The molecule has 120 valence electrons. The Morgan fingerprint density at radius 3 is 2.14 bits per heavy atom. The third-order valence-corrected chi connectivity index (χ3v) is 5.04. The largest absolute Gasteiger partial charge is 0.494 e. The molecule has 0 aliphatic carbocycles. The minimum absolute atomic E-state index is 0.350. The predicted octanol–water partition coefficient (Wildman–Crippen LogP) is 1.87. The summed E-state index contributed by atoms with van der Waals surface area (Å²) in [7, 11) is 0.909. The maximum atomic E-state index is 11.3. The fourth-order valence-corrected chi connectivity index (χ4v) is 3.15. The molecule has 1 heterocycles. The number of carbonyl (C=O) groups is 1. The van der Waals surface area contributed by atoms with Gasteiger partial charge < -0.3 is 9.31 Å². The Labute approximate surface area is 135 Å². The highest BCUT2D eigenvalue weighted by atomic mass is 35.7. The number of rotatable bonds is 4. The Morgan fingerprint density at radius 1 is 1.14 bits per heavy atom. The van der Waals surface area contributed by atoms with Crippen LogP contribution in [0.15, 0.2) is 18.2 Å². The molecule has 0 aromatic heterocycles. The molecule has 0 atom stereocenters. The normalized spacial score (nSPS) is 20.1. The van der Waals surface area contributed by atoms with E-state index in [9.17, 15) is 13.2 Å². The summed E-state index contributed by atoms with van der Waals surface area (Å²) in [4.78, 5) is 11.1. The predicted molar refractivity (Wildman–Crippen MR) is 86.0 cm³/mol. The van der Waals surface area contributed by atoms with Crippen molar-refractivity contribution < 1.29 is 22.5 Å². The number of hydrogen-bond acceptors (Lipinski definition) is 5. The second-order valence-corrected chi connectivity index (χ2v) is 9.17. The lowest BCUT2D eigenvalue weighted by Gasteiger charge is -2.32. The molecule has 1 fully saturated rings. The number of hydrogen-bond donors (Lipinski definition) is 0. The SMILES string of the molecule is CC1(C)OB(c2cc(C=O)cc(CS(=O)(=O)Cl)c2)OC1(C)C. The summed E-state index contributed by atoms with van der Waals surface area (Å²) in [6.07, 6.45) is 0.652. The summed E-state index contributed by atoms with van der Waals surface area (Å²) in [5, 5.41) is 0. The minimum atomic E-state index is -3.71. The van der Waals surface area contributed by atoms with Crippen molar-refractivity contribution in [2.24, 2.45) is 0 Å². The standard InChI is InChI=1S/C14H18BClO5S/c1-13(2)14(3,4)21-15(20-13)12-6-10(8-17)5-11(7-12)9-22(16,18)19/h5-8H,9H2,1-4H3. The zero-order valence-electron chi connectivity index (χ0n) is 12.9. The molecule has 1 saturated heterocycles. The molecule has 0 bridgehead atoms. The van der Waals surface area contributed by atoms with Gasteiger partial charge in [0.2, 0.25) is 9.05 Å². The summed E-state index contributed by atoms with van der Waals surface area (Å²) in [5.41, 5.74) is 0.326. The lowest BCUT2D eigenvalue weighted by Crippen LogP contribution is -2.41. The Hall–Kier alpha value is -0.885. The second-order valence-electron chi connectivity index (χ2n) is 6.40. The molecular formula is C14H18BClO5S. The first-order valence-electron chi connectivity index (χ1n) is 6.80. The molecule has 1 aromatic rings. The maximum absolute atomic E-state index is 11.3.